The number of thioether (sulfide) groups is 1. The zero-order chi connectivity index (χ0) is 12.6. The number of imide groups is 1. The molecule has 7 heteroatoms. The average molecular weight is 248 g/mol. The van der Waals surface area contributed by atoms with Crippen molar-refractivity contribution in [2.45, 2.75) is 25.0 Å². The van der Waals surface area contributed by atoms with Crippen molar-refractivity contribution < 1.29 is 19.5 Å². The summed E-state index contributed by atoms with van der Waals surface area (Å²) in [6.07, 6.45) is 0.638. The first-order valence-corrected chi connectivity index (χ1v) is 5.92. The molecule has 0 saturated carbocycles. The van der Waals surface area contributed by atoms with Crippen LogP contribution in [0.3, 0.4) is 0 Å². The highest BCUT2D eigenvalue weighted by atomic mass is 32.2. The third-order valence-corrected chi connectivity index (χ3v) is 3.15. The van der Waals surface area contributed by atoms with Crippen LogP contribution >= 0.6 is 11.8 Å². The maximum absolute atomic E-state index is 11.1. The van der Waals surface area contributed by atoms with Crippen LogP contribution in [0.5, 0.6) is 0 Å². The first-order chi connectivity index (χ1) is 7.51. The van der Waals surface area contributed by atoms with Gasteiger partial charge in [0, 0.05) is 19.2 Å². The van der Waals surface area contributed by atoms with Crippen LogP contribution in [0.2, 0.25) is 0 Å². The van der Waals surface area contributed by atoms with Gasteiger partial charge in [-0.05, 0) is 6.42 Å². The van der Waals surface area contributed by atoms with E-state index in [4.69, 9.17) is 5.11 Å². The number of hydrogen-bond donors (Lipinski definition) is 3. The Balaban J connectivity index is 3.76. The molecule has 1 unspecified atom stereocenters. The highest BCUT2D eigenvalue weighted by Crippen LogP contribution is 2.15. The molecule has 0 aliphatic carbocycles. The molecule has 0 aromatic carbocycles. The summed E-state index contributed by atoms with van der Waals surface area (Å²) in [5.41, 5.74) is 0. The predicted molar refractivity (Wildman–Crippen MR) is 61.4 cm³/mol. The number of hydrogen-bond acceptors (Lipinski definition) is 4. The van der Waals surface area contributed by atoms with E-state index in [0.29, 0.717) is 12.2 Å². The van der Waals surface area contributed by atoms with Gasteiger partial charge in [-0.3, -0.25) is 14.9 Å². The van der Waals surface area contributed by atoms with E-state index >= 15 is 0 Å². The van der Waals surface area contributed by atoms with Gasteiger partial charge in [-0.25, -0.2) is 4.79 Å². The number of rotatable bonds is 6. The van der Waals surface area contributed by atoms with Gasteiger partial charge in [-0.15, -0.1) is 11.8 Å². The lowest BCUT2D eigenvalue weighted by Gasteiger charge is -2.08. The third-order valence-electron chi connectivity index (χ3n) is 1.77. The number of urea groups is 1. The van der Waals surface area contributed by atoms with Crippen molar-refractivity contribution in [3.05, 3.63) is 0 Å². The lowest BCUT2D eigenvalue weighted by atomic mass is 10.3. The zero-order valence-electron chi connectivity index (χ0n) is 9.28. The molecule has 0 heterocycles. The number of amides is 3. The molecule has 0 aromatic rings. The first kappa shape index (κ1) is 14.8. The zero-order valence-corrected chi connectivity index (χ0v) is 10.1. The van der Waals surface area contributed by atoms with Crippen LogP contribution in [-0.2, 0) is 9.59 Å². The minimum atomic E-state index is -0.876. The number of carboxylic acids is 1. The Morgan fingerprint density at radius 3 is 2.44 bits per heavy atom. The molecule has 0 aliphatic heterocycles. The largest absolute Gasteiger partial charge is 0.480 e. The summed E-state index contributed by atoms with van der Waals surface area (Å²) in [4.78, 5) is 32.5. The Hall–Kier alpha value is -1.24. The lowest BCUT2D eigenvalue weighted by molar-refractivity contribution is -0.136. The molecule has 0 aromatic heterocycles. The summed E-state index contributed by atoms with van der Waals surface area (Å²) in [5.74, 6) is -0.903. The maximum Gasteiger partial charge on any atom is 0.321 e. The maximum atomic E-state index is 11.1. The van der Waals surface area contributed by atoms with Crippen LogP contribution in [0.25, 0.3) is 0 Å². The van der Waals surface area contributed by atoms with E-state index in [1.165, 1.54) is 18.8 Å². The van der Waals surface area contributed by atoms with Crippen molar-refractivity contribution in [1.29, 1.82) is 0 Å². The van der Waals surface area contributed by atoms with Crippen LogP contribution in [0, 0.1) is 0 Å². The normalized spacial score (nSPS) is 11.6. The molecule has 6 nitrogen and oxygen atoms in total. The van der Waals surface area contributed by atoms with Gasteiger partial charge >= 0.3 is 12.0 Å². The van der Waals surface area contributed by atoms with Crippen molar-refractivity contribution in [3.8, 4) is 0 Å². The van der Waals surface area contributed by atoms with Crippen LogP contribution in [0.4, 0.5) is 4.79 Å². The van der Waals surface area contributed by atoms with Gasteiger partial charge in [0.2, 0.25) is 5.91 Å². The summed E-state index contributed by atoms with van der Waals surface area (Å²) < 4.78 is 0. The van der Waals surface area contributed by atoms with Gasteiger partial charge in [-0.1, -0.05) is 6.92 Å². The Morgan fingerprint density at radius 1 is 1.38 bits per heavy atom. The van der Waals surface area contributed by atoms with E-state index in [0.717, 1.165) is 0 Å². The van der Waals surface area contributed by atoms with Gasteiger partial charge in [0.05, 0.1) is 0 Å². The summed E-state index contributed by atoms with van der Waals surface area (Å²) >= 11 is 1.20. The topological polar surface area (TPSA) is 95.5 Å². The standard InChI is InChI=1S/C9H16N2O4S/c1-3-6(8(13)14)16-5-4-7(12)11-9(15)10-2/h6H,3-5H2,1-2H3,(H,13,14)(H2,10,11,12,15). The second-order valence-electron chi connectivity index (χ2n) is 2.98. The Kier molecular flexibility index (Phi) is 7.36. The quantitative estimate of drug-likeness (QED) is 0.633. The van der Waals surface area contributed by atoms with Gasteiger partial charge in [-0.2, -0.15) is 0 Å². The van der Waals surface area contributed by atoms with Gasteiger partial charge in [0.15, 0.2) is 0 Å². The molecule has 16 heavy (non-hydrogen) atoms. The monoisotopic (exact) mass is 248 g/mol. The number of carbonyl (C=O) groups is 3. The fraction of sp³-hybridized carbons (Fsp3) is 0.667. The third kappa shape index (κ3) is 6.28. The van der Waals surface area contributed by atoms with E-state index in [9.17, 15) is 14.4 Å². The second-order valence-corrected chi connectivity index (χ2v) is 4.29. The van der Waals surface area contributed by atoms with Crippen LogP contribution in [-0.4, -0.2) is 41.1 Å². The molecule has 3 amide bonds. The summed E-state index contributed by atoms with van der Waals surface area (Å²) in [6, 6.07) is -0.555. The molecule has 1 atom stereocenters. The van der Waals surface area contributed by atoms with E-state index in [-0.39, 0.29) is 6.42 Å². The highest BCUT2D eigenvalue weighted by Gasteiger charge is 2.15. The Labute approximate surface area is 98.2 Å². The summed E-state index contributed by atoms with van der Waals surface area (Å²) in [7, 11) is 1.41. The van der Waals surface area contributed by atoms with Crippen molar-refractivity contribution >= 4 is 29.7 Å². The molecule has 3 N–H and O–H groups in total. The molecular weight excluding hydrogens is 232 g/mol. The van der Waals surface area contributed by atoms with E-state index < -0.39 is 23.2 Å². The number of aliphatic carboxylic acids is 1. The molecule has 0 bridgehead atoms. The van der Waals surface area contributed by atoms with Crippen molar-refractivity contribution in [3.63, 3.8) is 0 Å². The summed E-state index contributed by atoms with van der Waals surface area (Å²) in [5, 5.41) is 12.6. The highest BCUT2D eigenvalue weighted by molar-refractivity contribution is 8.00. The molecule has 92 valence electrons. The van der Waals surface area contributed by atoms with Crippen LogP contribution in [0.15, 0.2) is 0 Å². The Bertz CT molecular complexity index is 270. The summed E-state index contributed by atoms with van der Waals surface area (Å²) in [6.45, 7) is 1.77. The number of nitrogens with one attached hydrogen (secondary N) is 2. The molecule has 0 radical (unpaired) electrons. The number of carbonyl (C=O) groups excluding carboxylic acids is 2. The minimum absolute atomic E-state index is 0.127. The van der Waals surface area contributed by atoms with Crippen LogP contribution < -0.4 is 10.6 Å². The smallest absolute Gasteiger partial charge is 0.321 e. The molecule has 0 saturated heterocycles. The second kappa shape index (κ2) is 7.98. The van der Waals surface area contributed by atoms with Crippen molar-refractivity contribution in [2.24, 2.45) is 0 Å². The first-order valence-electron chi connectivity index (χ1n) is 4.87. The van der Waals surface area contributed by atoms with E-state index in [1.807, 2.05) is 0 Å². The lowest BCUT2D eigenvalue weighted by Crippen LogP contribution is -2.37. The Morgan fingerprint density at radius 2 is 2.00 bits per heavy atom. The fourth-order valence-electron chi connectivity index (χ4n) is 0.909. The van der Waals surface area contributed by atoms with E-state index in [1.54, 1.807) is 6.92 Å². The van der Waals surface area contributed by atoms with Gasteiger partial charge in [0.25, 0.3) is 0 Å². The molecular formula is C9H16N2O4S. The van der Waals surface area contributed by atoms with E-state index in [2.05, 4.69) is 10.6 Å². The molecule has 0 rings (SSSR count). The van der Waals surface area contributed by atoms with Crippen LogP contribution in [0.1, 0.15) is 19.8 Å². The van der Waals surface area contributed by atoms with Crippen molar-refractivity contribution in [1.82, 2.24) is 10.6 Å². The van der Waals surface area contributed by atoms with Gasteiger partial charge in [0.1, 0.15) is 5.25 Å². The SMILES string of the molecule is CCC(SCCC(=O)NC(=O)NC)C(=O)O. The van der Waals surface area contributed by atoms with Gasteiger partial charge < -0.3 is 10.4 Å². The molecule has 0 aliphatic rings. The predicted octanol–water partition coefficient (Wildman–Crippen LogP) is 0.428. The van der Waals surface area contributed by atoms with Crippen molar-refractivity contribution in [2.75, 3.05) is 12.8 Å². The molecule has 0 spiro atoms. The molecule has 0 fully saturated rings. The minimum Gasteiger partial charge on any atom is -0.480 e. The fourth-order valence-corrected chi connectivity index (χ4v) is 1.88. The number of carboxylic acid groups (broad SMARTS) is 1. The average Bonchev–Trinajstić information content (AvgIpc) is 2.23.